The molecule has 0 bridgehead atoms. The largest absolute Gasteiger partial charge is 0.491 e. The molecule has 1 aliphatic rings. The zero-order valence-corrected chi connectivity index (χ0v) is 14.7. The summed E-state index contributed by atoms with van der Waals surface area (Å²) in [5, 5.41) is 9.72. The van der Waals surface area contributed by atoms with Gasteiger partial charge in [-0.15, -0.1) is 12.4 Å². The van der Waals surface area contributed by atoms with Crippen molar-refractivity contribution in [3.05, 3.63) is 65.7 Å². The van der Waals surface area contributed by atoms with Gasteiger partial charge in [0.05, 0.1) is 6.10 Å². The zero-order chi connectivity index (χ0) is 16.1. The minimum Gasteiger partial charge on any atom is -0.491 e. The maximum atomic E-state index is 9.72. The van der Waals surface area contributed by atoms with E-state index < -0.39 is 0 Å². The topological polar surface area (TPSA) is 32.7 Å². The quantitative estimate of drug-likeness (QED) is 0.838. The molecule has 0 spiro atoms. The third-order valence-corrected chi connectivity index (χ3v) is 4.27. The third kappa shape index (κ3) is 4.84. The average Bonchev–Trinajstić information content (AvgIpc) is 2.90. The van der Waals surface area contributed by atoms with Crippen LogP contribution in [0.4, 0.5) is 0 Å². The van der Waals surface area contributed by atoms with Gasteiger partial charge in [-0.05, 0) is 25.1 Å². The molecule has 0 aromatic heterocycles. The van der Waals surface area contributed by atoms with Crippen LogP contribution in [0.2, 0.25) is 0 Å². The average molecular weight is 346 g/mol. The van der Waals surface area contributed by atoms with Crippen molar-refractivity contribution in [1.82, 2.24) is 4.90 Å². The van der Waals surface area contributed by atoms with Crippen LogP contribution in [0.1, 0.15) is 17.5 Å². The Morgan fingerprint density at radius 3 is 2.50 bits per heavy atom. The van der Waals surface area contributed by atoms with Crippen LogP contribution in [0.25, 0.3) is 12.2 Å². The van der Waals surface area contributed by atoms with E-state index in [-0.39, 0.29) is 24.6 Å². The van der Waals surface area contributed by atoms with Gasteiger partial charge in [0, 0.05) is 18.2 Å². The molecule has 4 heteroatoms. The predicted octanol–water partition coefficient (Wildman–Crippen LogP) is 3.72. The van der Waals surface area contributed by atoms with Crippen LogP contribution in [0.15, 0.2) is 54.6 Å². The van der Waals surface area contributed by atoms with Gasteiger partial charge in [-0.25, -0.2) is 0 Å². The number of para-hydroxylation sites is 1. The van der Waals surface area contributed by atoms with E-state index in [1.54, 1.807) is 0 Å². The molecule has 128 valence electrons. The van der Waals surface area contributed by atoms with Crippen molar-refractivity contribution in [3.63, 3.8) is 0 Å². The second-order valence-corrected chi connectivity index (χ2v) is 6.08. The van der Waals surface area contributed by atoms with Gasteiger partial charge in [-0.3, -0.25) is 4.90 Å². The Kier molecular flexibility index (Phi) is 6.85. The highest BCUT2D eigenvalue weighted by molar-refractivity contribution is 5.85. The van der Waals surface area contributed by atoms with Crippen LogP contribution < -0.4 is 4.74 Å². The molecule has 1 heterocycles. The standard InChI is InChI=1S/C20H23NO2.ClH/c1-21-14-19(22)13-18(21)15-23-20-10-6-5-9-17(20)12-11-16-7-3-2-4-8-16;/h2-12,18-19,22H,13-15H2,1H3;1H. The fraction of sp³-hybridized carbons (Fsp3) is 0.300. The second kappa shape index (κ2) is 8.88. The van der Waals surface area contributed by atoms with Gasteiger partial charge >= 0.3 is 0 Å². The van der Waals surface area contributed by atoms with E-state index >= 15 is 0 Å². The third-order valence-electron chi connectivity index (χ3n) is 4.27. The van der Waals surface area contributed by atoms with Crippen LogP contribution in [0, 0.1) is 0 Å². The SMILES string of the molecule is CN1CC(O)CC1COc1ccccc1C=Cc1ccccc1.Cl. The lowest BCUT2D eigenvalue weighted by molar-refractivity contribution is 0.182. The fourth-order valence-corrected chi connectivity index (χ4v) is 2.93. The van der Waals surface area contributed by atoms with E-state index in [1.807, 2.05) is 43.4 Å². The molecule has 2 unspecified atom stereocenters. The maximum Gasteiger partial charge on any atom is 0.126 e. The molecular weight excluding hydrogens is 322 g/mol. The molecule has 2 aromatic rings. The smallest absolute Gasteiger partial charge is 0.126 e. The number of aliphatic hydroxyl groups is 1. The molecule has 1 N–H and O–H groups in total. The normalized spacial score (nSPS) is 20.9. The summed E-state index contributed by atoms with van der Waals surface area (Å²) >= 11 is 0. The summed E-state index contributed by atoms with van der Waals surface area (Å²) in [6.45, 7) is 1.33. The van der Waals surface area contributed by atoms with E-state index in [9.17, 15) is 5.11 Å². The van der Waals surface area contributed by atoms with Crippen LogP contribution in [-0.4, -0.2) is 42.4 Å². The minimum atomic E-state index is -0.234. The van der Waals surface area contributed by atoms with E-state index in [0.29, 0.717) is 6.61 Å². The summed E-state index contributed by atoms with van der Waals surface area (Å²) in [5.41, 5.74) is 2.23. The molecule has 1 aliphatic heterocycles. The number of rotatable bonds is 5. The molecule has 2 aromatic carbocycles. The van der Waals surface area contributed by atoms with Crippen molar-refractivity contribution in [3.8, 4) is 5.75 Å². The lowest BCUT2D eigenvalue weighted by Gasteiger charge is -2.20. The minimum absolute atomic E-state index is 0. The van der Waals surface area contributed by atoms with Crippen molar-refractivity contribution in [2.75, 3.05) is 20.2 Å². The number of likely N-dealkylation sites (tertiary alicyclic amines) is 1. The molecule has 0 amide bonds. The van der Waals surface area contributed by atoms with Gasteiger partial charge in [-0.2, -0.15) is 0 Å². The molecule has 0 saturated carbocycles. The molecule has 3 rings (SSSR count). The highest BCUT2D eigenvalue weighted by atomic mass is 35.5. The summed E-state index contributed by atoms with van der Waals surface area (Å²) in [6.07, 6.45) is 4.71. The summed E-state index contributed by atoms with van der Waals surface area (Å²) in [6, 6.07) is 18.6. The summed E-state index contributed by atoms with van der Waals surface area (Å²) in [5.74, 6) is 0.884. The number of nitrogens with zero attached hydrogens (tertiary/aromatic N) is 1. The Hall–Kier alpha value is -1.81. The maximum absolute atomic E-state index is 9.72. The van der Waals surface area contributed by atoms with E-state index in [4.69, 9.17) is 4.74 Å². The summed E-state index contributed by atoms with van der Waals surface area (Å²) in [7, 11) is 2.03. The number of hydrogen-bond acceptors (Lipinski definition) is 3. The van der Waals surface area contributed by atoms with Gasteiger partial charge in [0.25, 0.3) is 0 Å². The first-order chi connectivity index (χ1) is 11.2. The van der Waals surface area contributed by atoms with Gasteiger partial charge in [0.1, 0.15) is 12.4 Å². The van der Waals surface area contributed by atoms with E-state index in [2.05, 4.69) is 35.3 Å². The van der Waals surface area contributed by atoms with Crippen LogP contribution >= 0.6 is 12.4 Å². The Bertz CT molecular complexity index is 660. The van der Waals surface area contributed by atoms with Crippen molar-refractivity contribution < 1.29 is 9.84 Å². The Balaban J connectivity index is 0.00000208. The molecule has 2 atom stereocenters. The van der Waals surface area contributed by atoms with Crippen LogP contribution in [-0.2, 0) is 0 Å². The second-order valence-electron chi connectivity index (χ2n) is 6.08. The lowest BCUT2D eigenvalue weighted by atomic mass is 10.1. The molecule has 0 radical (unpaired) electrons. The monoisotopic (exact) mass is 345 g/mol. The number of aliphatic hydroxyl groups excluding tert-OH is 1. The molecular formula is C20H24ClNO2. The van der Waals surface area contributed by atoms with Crippen molar-refractivity contribution in [2.24, 2.45) is 0 Å². The first-order valence-electron chi connectivity index (χ1n) is 8.05. The van der Waals surface area contributed by atoms with Gasteiger partial charge in [-0.1, -0.05) is 60.7 Å². The van der Waals surface area contributed by atoms with Gasteiger partial charge < -0.3 is 9.84 Å². The fourth-order valence-electron chi connectivity index (χ4n) is 2.93. The molecule has 3 nitrogen and oxygen atoms in total. The Morgan fingerprint density at radius 1 is 1.08 bits per heavy atom. The van der Waals surface area contributed by atoms with Gasteiger partial charge in [0.15, 0.2) is 0 Å². The zero-order valence-electron chi connectivity index (χ0n) is 13.8. The van der Waals surface area contributed by atoms with Crippen LogP contribution in [0.3, 0.4) is 0 Å². The van der Waals surface area contributed by atoms with Crippen LogP contribution in [0.5, 0.6) is 5.75 Å². The van der Waals surface area contributed by atoms with E-state index in [0.717, 1.165) is 24.3 Å². The van der Waals surface area contributed by atoms with E-state index in [1.165, 1.54) is 5.56 Å². The predicted molar refractivity (Wildman–Crippen MR) is 102 cm³/mol. The first-order valence-corrected chi connectivity index (χ1v) is 8.05. The summed E-state index contributed by atoms with van der Waals surface area (Å²) < 4.78 is 6.02. The first kappa shape index (κ1) is 18.5. The number of likely N-dealkylation sites (N-methyl/N-ethyl adjacent to an activating group) is 1. The highest BCUT2D eigenvalue weighted by Crippen LogP contribution is 2.23. The highest BCUT2D eigenvalue weighted by Gasteiger charge is 2.28. The molecule has 0 aliphatic carbocycles. The summed E-state index contributed by atoms with van der Waals surface area (Å²) in [4.78, 5) is 2.16. The number of hydrogen-bond donors (Lipinski definition) is 1. The Labute approximate surface area is 150 Å². The lowest BCUT2D eigenvalue weighted by Crippen LogP contribution is -2.30. The van der Waals surface area contributed by atoms with Gasteiger partial charge in [0.2, 0.25) is 0 Å². The Morgan fingerprint density at radius 2 is 1.79 bits per heavy atom. The molecule has 24 heavy (non-hydrogen) atoms. The number of benzene rings is 2. The molecule has 1 fully saturated rings. The number of halogens is 1. The van der Waals surface area contributed by atoms with Crippen molar-refractivity contribution in [1.29, 1.82) is 0 Å². The van der Waals surface area contributed by atoms with Crippen molar-refractivity contribution in [2.45, 2.75) is 18.6 Å². The van der Waals surface area contributed by atoms with Crippen molar-refractivity contribution >= 4 is 24.6 Å². The molecule has 1 saturated heterocycles. The number of β-amino-alcohol motifs (C(OH)–C–C–N with tert-alkyl or cyclic N) is 1. The number of ether oxygens (including phenoxy) is 1.